The Morgan fingerprint density at radius 1 is 1.12 bits per heavy atom. The van der Waals surface area contributed by atoms with E-state index in [1.54, 1.807) is 0 Å². The van der Waals surface area contributed by atoms with Crippen molar-refractivity contribution >= 4 is 11.6 Å². The maximum Gasteiger partial charge on any atom is 0.234 e. The molecule has 2 fully saturated rings. The van der Waals surface area contributed by atoms with Crippen LogP contribution in [-0.4, -0.2) is 35.6 Å². The number of benzene rings is 1. The molecule has 2 aliphatic rings. The third kappa shape index (κ3) is 3.05. The zero-order chi connectivity index (χ0) is 18.1. The Morgan fingerprint density at radius 3 is 2.54 bits per heavy atom. The highest BCUT2D eigenvalue weighted by atomic mass is 16.5. The van der Waals surface area contributed by atoms with E-state index >= 15 is 0 Å². The number of carbonyl (C=O) groups is 1. The van der Waals surface area contributed by atoms with Gasteiger partial charge in [0.2, 0.25) is 5.91 Å². The molecule has 2 aromatic rings. The van der Waals surface area contributed by atoms with Gasteiger partial charge in [0.15, 0.2) is 0 Å². The molecule has 0 aliphatic carbocycles. The minimum atomic E-state index is -0.245. The number of likely N-dealkylation sites (tertiary alicyclic amines) is 1. The van der Waals surface area contributed by atoms with E-state index < -0.39 is 0 Å². The van der Waals surface area contributed by atoms with Crippen LogP contribution < -0.4 is 4.90 Å². The van der Waals surface area contributed by atoms with E-state index in [1.165, 1.54) is 5.56 Å². The largest absolute Gasteiger partial charge is 0.361 e. The molecule has 138 valence electrons. The molecule has 0 bridgehead atoms. The Kier molecular flexibility index (Phi) is 4.57. The van der Waals surface area contributed by atoms with Gasteiger partial charge in [-0.05, 0) is 58.2 Å². The fourth-order valence-corrected chi connectivity index (χ4v) is 4.62. The maximum atomic E-state index is 13.5. The summed E-state index contributed by atoms with van der Waals surface area (Å²) < 4.78 is 5.32. The van der Waals surface area contributed by atoms with Crippen molar-refractivity contribution in [2.75, 3.05) is 24.5 Å². The van der Waals surface area contributed by atoms with E-state index in [0.29, 0.717) is 5.91 Å². The summed E-state index contributed by atoms with van der Waals surface area (Å²) in [4.78, 5) is 17.9. The Balaban J connectivity index is 1.54. The van der Waals surface area contributed by atoms with Crippen LogP contribution in [0.1, 0.15) is 42.7 Å². The summed E-state index contributed by atoms with van der Waals surface area (Å²) in [7, 11) is 0. The molecule has 1 unspecified atom stereocenters. The van der Waals surface area contributed by atoms with Gasteiger partial charge < -0.3 is 9.42 Å². The molecule has 5 heteroatoms. The van der Waals surface area contributed by atoms with Gasteiger partial charge in [-0.3, -0.25) is 9.69 Å². The molecular weight excluding hydrogens is 326 g/mol. The van der Waals surface area contributed by atoms with Crippen LogP contribution >= 0.6 is 0 Å². The van der Waals surface area contributed by atoms with Gasteiger partial charge >= 0.3 is 0 Å². The molecule has 0 radical (unpaired) electrons. The van der Waals surface area contributed by atoms with Crippen LogP contribution in [0.15, 0.2) is 34.9 Å². The lowest BCUT2D eigenvalue weighted by atomic mass is 9.72. The second kappa shape index (κ2) is 6.88. The number of hydrogen-bond donors (Lipinski definition) is 0. The van der Waals surface area contributed by atoms with Crippen LogP contribution in [0.5, 0.6) is 0 Å². The summed E-state index contributed by atoms with van der Waals surface area (Å²) in [6.07, 6.45) is 4.12. The topological polar surface area (TPSA) is 49.6 Å². The molecule has 1 aromatic carbocycles. The summed E-state index contributed by atoms with van der Waals surface area (Å²) >= 11 is 0. The summed E-state index contributed by atoms with van der Waals surface area (Å²) in [6, 6.07) is 10.1. The van der Waals surface area contributed by atoms with Crippen molar-refractivity contribution in [1.82, 2.24) is 10.1 Å². The first-order valence-corrected chi connectivity index (χ1v) is 9.60. The monoisotopic (exact) mass is 353 g/mol. The van der Waals surface area contributed by atoms with E-state index in [-0.39, 0.29) is 5.41 Å². The molecule has 2 aliphatic heterocycles. The number of anilines is 1. The van der Waals surface area contributed by atoms with Crippen molar-refractivity contribution in [3.63, 3.8) is 0 Å². The van der Waals surface area contributed by atoms with E-state index in [9.17, 15) is 4.79 Å². The summed E-state index contributed by atoms with van der Waals surface area (Å²) in [5.41, 5.74) is 2.92. The maximum absolute atomic E-state index is 13.5. The predicted octanol–water partition coefficient (Wildman–Crippen LogP) is 3.70. The van der Waals surface area contributed by atoms with Crippen LogP contribution in [0.4, 0.5) is 5.69 Å². The van der Waals surface area contributed by atoms with Gasteiger partial charge in [-0.1, -0.05) is 23.4 Å². The summed E-state index contributed by atoms with van der Waals surface area (Å²) in [5, 5.41) is 4.08. The van der Waals surface area contributed by atoms with Gasteiger partial charge in [0.05, 0.1) is 11.1 Å². The Labute approximate surface area is 155 Å². The molecule has 2 saturated heterocycles. The van der Waals surface area contributed by atoms with E-state index in [4.69, 9.17) is 4.52 Å². The van der Waals surface area contributed by atoms with Crippen molar-refractivity contribution in [2.24, 2.45) is 5.41 Å². The first-order valence-electron chi connectivity index (χ1n) is 9.60. The fourth-order valence-electron chi connectivity index (χ4n) is 4.62. The lowest BCUT2D eigenvalue weighted by Crippen LogP contribution is -2.56. The normalized spacial score (nSPS) is 24.4. The SMILES string of the molecule is Cc1noc(C)c1CN1CCCC2(CCCN(c3ccccc3)C2=O)C1. The minimum absolute atomic E-state index is 0.245. The molecule has 26 heavy (non-hydrogen) atoms. The summed E-state index contributed by atoms with van der Waals surface area (Å²) in [5.74, 6) is 1.20. The van der Waals surface area contributed by atoms with Gasteiger partial charge in [0.1, 0.15) is 5.76 Å². The number of aryl methyl sites for hydroxylation is 2. The van der Waals surface area contributed by atoms with Crippen molar-refractivity contribution in [3.05, 3.63) is 47.3 Å². The number of aromatic nitrogens is 1. The zero-order valence-corrected chi connectivity index (χ0v) is 15.7. The average molecular weight is 353 g/mol. The first kappa shape index (κ1) is 17.3. The molecule has 3 heterocycles. The highest BCUT2D eigenvalue weighted by Gasteiger charge is 2.46. The Bertz CT molecular complexity index is 762. The smallest absolute Gasteiger partial charge is 0.234 e. The van der Waals surface area contributed by atoms with Gasteiger partial charge in [0.25, 0.3) is 0 Å². The number of para-hydroxylation sites is 1. The molecule has 1 spiro atoms. The third-order valence-corrected chi connectivity index (χ3v) is 6.02. The second-order valence-electron chi connectivity index (χ2n) is 7.79. The second-order valence-corrected chi connectivity index (χ2v) is 7.79. The molecule has 1 atom stereocenters. The third-order valence-electron chi connectivity index (χ3n) is 6.02. The number of nitrogens with zero attached hydrogens (tertiary/aromatic N) is 3. The molecule has 1 aromatic heterocycles. The molecule has 5 nitrogen and oxygen atoms in total. The lowest BCUT2D eigenvalue weighted by Gasteiger charge is -2.47. The predicted molar refractivity (Wildman–Crippen MR) is 101 cm³/mol. The van der Waals surface area contributed by atoms with E-state index in [1.807, 2.05) is 49.1 Å². The van der Waals surface area contributed by atoms with E-state index in [2.05, 4.69) is 10.1 Å². The van der Waals surface area contributed by atoms with Crippen molar-refractivity contribution in [2.45, 2.75) is 46.1 Å². The number of carbonyl (C=O) groups excluding carboxylic acids is 1. The lowest BCUT2D eigenvalue weighted by molar-refractivity contribution is -0.134. The number of hydrogen-bond acceptors (Lipinski definition) is 4. The highest BCUT2D eigenvalue weighted by molar-refractivity contribution is 5.98. The highest BCUT2D eigenvalue weighted by Crippen LogP contribution is 2.41. The zero-order valence-electron chi connectivity index (χ0n) is 15.7. The first-order chi connectivity index (χ1) is 12.6. The van der Waals surface area contributed by atoms with Crippen LogP contribution in [0.25, 0.3) is 0 Å². The van der Waals surface area contributed by atoms with Gasteiger partial charge in [-0.15, -0.1) is 0 Å². The molecule has 4 rings (SSSR count). The molecule has 1 amide bonds. The quantitative estimate of drug-likeness (QED) is 0.844. The molecule has 0 saturated carbocycles. The number of amides is 1. The van der Waals surface area contributed by atoms with Crippen molar-refractivity contribution in [1.29, 1.82) is 0 Å². The number of piperidine rings is 2. The average Bonchev–Trinajstić information content (AvgIpc) is 2.97. The van der Waals surface area contributed by atoms with Crippen molar-refractivity contribution in [3.8, 4) is 0 Å². The van der Waals surface area contributed by atoms with Crippen LogP contribution in [0, 0.1) is 19.3 Å². The summed E-state index contributed by atoms with van der Waals surface area (Å²) in [6.45, 7) is 7.48. The van der Waals surface area contributed by atoms with Crippen LogP contribution in [0.3, 0.4) is 0 Å². The van der Waals surface area contributed by atoms with Gasteiger partial charge in [-0.2, -0.15) is 0 Å². The van der Waals surface area contributed by atoms with Gasteiger partial charge in [0, 0.05) is 30.9 Å². The van der Waals surface area contributed by atoms with Crippen LogP contribution in [-0.2, 0) is 11.3 Å². The molecular formula is C21H27N3O2. The molecule has 0 N–H and O–H groups in total. The minimum Gasteiger partial charge on any atom is -0.361 e. The Hall–Kier alpha value is -2.14. The van der Waals surface area contributed by atoms with E-state index in [0.717, 1.165) is 69.0 Å². The number of rotatable bonds is 3. The van der Waals surface area contributed by atoms with Crippen LogP contribution in [0.2, 0.25) is 0 Å². The Morgan fingerprint density at radius 2 is 1.85 bits per heavy atom. The fraction of sp³-hybridized carbons (Fsp3) is 0.524. The standard InChI is InChI=1S/C21H27N3O2/c1-16-19(17(2)26-22-16)14-23-12-6-10-21(15-23)11-7-13-24(20(21)25)18-8-4-3-5-9-18/h3-5,8-9H,6-7,10-15H2,1-2H3. The van der Waals surface area contributed by atoms with Gasteiger partial charge in [-0.25, -0.2) is 0 Å². The van der Waals surface area contributed by atoms with Crippen molar-refractivity contribution < 1.29 is 9.32 Å².